The monoisotopic (exact) mass is 304 g/mol. The third kappa shape index (κ3) is 4.35. The summed E-state index contributed by atoms with van der Waals surface area (Å²) in [6.45, 7) is 2.64. The summed E-state index contributed by atoms with van der Waals surface area (Å²) in [7, 11) is 0. The molecule has 0 atom stereocenters. The van der Waals surface area contributed by atoms with E-state index in [1.165, 1.54) is 0 Å². The molecule has 6 nitrogen and oxygen atoms in total. The highest BCUT2D eigenvalue weighted by Gasteiger charge is 2.17. The van der Waals surface area contributed by atoms with Crippen LogP contribution in [0, 0.1) is 0 Å². The van der Waals surface area contributed by atoms with Crippen LogP contribution in [-0.2, 0) is 0 Å². The Hall–Kier alpha value is -2.28. The Labute approximate surface area is 126 Å². The highest BCUT2D eigenvalue weighted by atomic mass is 32.1. The largest absolute Gasteiger partial charge is 0.350 e. The van der Waals surface area contributed by atoms with Crippen LogP contribution in [0.3, 0.4) is 0 Å². The topological polar surface area (TPSA) is 84.0 Å². The molecule has 2 rings (SSSR count). The van der Waals surface area contributed by atoms with Gasteiger partial charge in [0.2, 0.25) is 10.0 Å². The molecule has 7 heteroatoms. The third-order valence-electron chi connectivity index (χ3n) is 2.66. The second kappa shape index (κ2) is 7.49. The lowest BCUT2D eigenvalue weighted by atomic mass is 10.3. The van der Waals surface area contributed by atoms with Gasteiger partial charge in [0.1, 0.15) is 0 Å². The Kier molecular flexibility index (Phi) is 5.39. The number of hydrogen-bond donors (Lipinski definition) is 2. The van der Waals surface area contributed by atoms with Crippen molar-refractivity contribution >= 4 is 28.8 Å². The number of benzene rings is 1. The maximum atomic E-state index is 12.0. The molecule has 21 heavy (non-hydrogen) atoms. The minimum absolute atomic E-state index is 0.166. The summed E-state index contributed by atoms with van der Waals surface area (Å²) in [4.78, 5) is 23.8. The quantitative estimate of drug-likeness (QED) is 0.802. The first kappa shape index (κ1) is 15.1. The fourth-order valence-electron chi connectivity index (χ4n) is 1.57. The SMILES string of the molecule is CCCCNC(=O)c1nnc(C(=O)Nc2ccccc2)s1. The smallest absolute Gasteiger partial charge is 0.286 e. The average molecular weight is 304 g/mol. The summed E-state index contributed by atoms with van der Waals surface area (Å²) in [5, 5.41) is 13.3. The number of anilines is 1. The molecule has 0 aliphatic heterocycles. The van der Waals surface area contributed by atoms with Crippen molar-refractivity contribution < 1.29 is 9.59 Å². The number of aromatic nitrogens is 2. The minimum atomic E-state index is -0.369. The van der Waals surface area contributed by atoms with Crippen LogP contribution in [-0.4, -0.2) is 28.6 Å². The molecule has 0 bridgehead atoms. The first-order valence-electron chi connectivity index (χ1n) is 6.69. The molecule has 110 valence electrons. The van der Waals surface area contributed by atoms with Gasteiger partial charge in [-0.1, -0.05) is 42.9 Å². The molecule has 1 aromatic heterocycles. The second-order valence-electron chi connectivity index (χ2n) is 4.34. The van der Waals surface area contributed by atoms with Crippen LogP contribution in [0.25, 0.3) is 0 Å². The summed E-state index contributed by atoms with van der Waals surface area (Å²) in [5.41, 5.74) is 0.673. The Balaban J connectivity index is 1.96. The van der Waals surface area contributed by atoms with Crippen LogP contribution in [0.2, 0.25) is 0 Å². The molecule has 1 aromatic carbocycles. The second-order valence-corrected chi connectivity index (χ2v) is 5.32. The predicted octanol–water partition coefficient (Wildman–Crippen LogP) is 2.32. The summed E-state index contributed by atoms with van der Waals surface area (Å²) in [6.07, 6.45) is 1.91. The van der Waals surface area contributed by atoms with Crippen molar-refractivity contribution in [2.75, 3.05) is 11.9 Å². The number of para-hydroxylation sites is 1. The van der Waals surface area contributed by atoms with Gasteiger partial charge in [-0.05, 0) is 18.6 Å². The third-order valence-corrected chi connectivity index (χ3v) is 3.58. The van der Waals surface area contributed by atoms with Gasteiger partial charge in [0, 0.05) is 12.2 Å². The zero-order valence-electron chi connectivity index (χ0n) is 11.6. The van der Waals surface area contributed by atoms with Gasteiger partial charge in [0.15, 0.2) is 0 Å². The van der Waals surface area contributed by atoms with Crippen molar-refractivity contribution in [1.82, 2.24) is 15.5 Å². The lowest BCUT2D eigenvalue weighted by molar-refractivity contribution is 0.0950. The number of amides is 2. The molecule has 1 heterocycles. The fourth-order valence-corrected chi connectivity index (χ4v) is 2.22. The Bertz CT molecular complexity index is 612. The summed E-state index contributed by atoms with van der Waals surface area (Å²) >= 11 is 0.980. The Morgan fingerprint density at radius 3 is 2.43 bits per heavy atom. The molecule has 2 N–H and O–H groups in total. The number of hydrogen-bond acceptors (Lipinski definition) is 5. The van der Waals surface area contributed by atoms with Crippen LogP contribution in [0.15, 0.2) is 30.3 Å². The number of rotatable bonds is 6. The van der Waals surface area contributed by atoms with E-state index >= 15 is 0 Å². The number of carbonyl (C=O) groups excluding carboxylic acids is 2. The first-order chi connectivity index (χ1) is 10.2. The van der Waals surface area contributed by atoms with Crippen molar-refractivity contribution in [3.63, 3.8) is 0 Å². The van der Waals surface area contributed by atoms with Gasteiger partial charge in [0.05, 0.1) is 0 Å². The lowest BCUT2D eigenvalue weighted by Gasteiger charge is -2.01. The number of carbonyl (C=O) groups is 2. The van der Waals surface area contributed by atoms with E-state index in [9.17, 15) is 9.59 Å². The zero-order chi connectivity index (χ0) is 15.1. The van der Waals surface area contributed by atoms with E-state index in [4.69, 9.17) is 0 Å². The van der Waals surface area contributed by atoms with Gasteiger partial charge in [-0.15, -0.1) is 10.2 Å². The van der Waals surface area contributed by atoms with Gasteiger partial charge < -0.3 is 10.6 Å². The van der Waals surface area contributed by atoms with Gasteiger partial charge >= 0.3 is 0 Å². The van der Waals surface area contributed by atoms with Crippen LogP contribution >= 0.6 is 11.3 Å². The maximum absolute atomic E-state index is 12.0. The maximum Gasteiger partial charge on any atom is 0.286 e. The highest BCUT2D eigenvalue weighted by molar-refractivity contribution is 7.15. The van der Waals surface area contributed by atoms with Crippen molar-refractivity contribution in [3.05, 3.63) is 40.3 Å². The van der Waals surface area contributed by atoms with Crippen LogP contribution in [0.5, 0.6) is 0 Å². The number of nitrogens with zero attached hydrogens (tertiary/aromatic N) is 2. The predicted molar refractivity (Wildman–Crippen MR) is 81.5 cm³/mol. The van der Waals surface area contributed by atoms with E-state index in [1.54, 1.807) is 12.1 Å². The number of unbranched alkanes of at least 4 members (excludes halogenated alkanes) is 1. The standard InChI is InChI=1S/C14H16N4O2S/c1-2-3-9-15-11(19)13-17-18-14(21-13)12(20)16-10-7-5-4-6-8-10/h4-8H,2-3,9H2,1H3,(H,15,19)(H,16,20). The molecule has 0 aliphatic rings. The van der Waals surface area contributed by atoms with E-state index < -0.39 is 0 Å². The highest BCUT2D eigenvalue weighted by Crippen LogP contribution is 2.13. The van der Waals surface area contributed by atoms with Crippen molar-refractivity contribution in [3.8, 4) is 0 Å². The van der Waals surface area contributed by atoms with E-state index in [0.29, 0.717) is 12.2 Å². The van der Waals surface area contributed by atoms with E-state index in [2.05, 4.69) is 20.8 Å². The zero-order valence-corrected chi connectivity index (χ0v) is 12.4. The minimum Gasteiger partial charge on any atom is -0.350 e. The molecule has 0 saturated heterocycles. The molecular weight excluding hydrogens is 288 g/mol. The Morgan fingerprint density at radius 2 is 1.76 bits per heavy atom. The van der Waals surface area contributed by atoms with Crippen molar-refractivity contribution in [1.29, 1.82) is 0 Å². The van der Waals surface area contributed by atoms with E-state index in [1.807, 2.05) is 25.1 Å². The van der Waals surface area contributed by atoms with Crippen LogP contribution in [0.1, 0.15) is 39.4 Å². The van der Waals surface area contributed by atoms with Crippen molar-refractivity contribution in [2.24, 2.45) is 0 Å². The molecular formula is C14H16N4O2S. The molecule has 0 spiro atoms. The normalized spacial score (nSPS) is 10.1. The van der Waals surface area contributed by atoms with Crippen LogP contribution in [0.4, 0.5) is 5.69 Å². The molecule has 0 saturated carbocycles. The molecule has 2 amide bonds. The van der Waals surface area contributed by atoms with Crippen LogP contribution < -0.4 is 10.6 Å². The molecule has 0 unspecified atom stereocenters. The van der Waals surface area contributed by atoms with Crippen molar-refractivity contribution in [2.45, 2.75) is 19.8 Å². The van der Waals surface area contributed by atoms with Gasteiger partial charge in [-0.25, -0.2) is 0 Å². The average Bonchev–Trinajstić information content (AvgIpc) is 2.98. The van der Waals surface area contributed by atoms with Gasteiger partial charge in [-0.2, -0.15) is 0 Å². The van der Waals surface area contributed by atoms with Gasteiger partial charge in [0.25, 0.3) is 11.8 Å². The molecule has 2 aromatic rings. The Morgan fingerprint density at radius 1 is 1.10 bits per heavy atom. The molecule has 0 aliphatic carbocycles. The van der Waals surface area contributed by atoms with Gasteiger partial charge in [-0.3, -0.25) is 9.59 Å². The van der Waals surface area contributed by atoms with E-state index in [0.717, 1.165) is 24.2 Å². The molecule has 0 fully saturated rings. The fraction of sp³-hybridized carbons (Fsp3) is 0.286. The summed E-state index contributed by atoms with van der Waals surface area (Å²) < 4.78 is 0. The first-order valence-corrected chi connectivity index (χ1v) is 7.50. The van der Waals surface area contributed by atoms with E-state index in [-0.39, 0.29) is 21.8 Å². The molecule has 0 radical (unpaired) electrons. The summed E-state index contributed by atoms with van der Waals surface area (Å²) in [6, 6.07) is 9.05. The summed E-state index contributed by atoms with van der Waals surface area (Å²) in [5.74, 6) is -0.661. The lowest BCUT2D eigenvalue weighted by Crippen LogP contribution is -2.24. The number of nitrogens with one attached hydrogen (secondary N) is 2.